The lowest BCUT2D eigenvalue weighted by atomic mass is 10.3. The first kappa shape index (κ1) is 25.0. The molecule has 2 heterocycles. The Labute approximate surface area is 193 Å². The van der Waals surface area contributed by atoms with Crippen molar-refractivity contribution in [2.24, 2.45) is 0 Å². The van der Waals surface area contributed by atoms with E-state index in [4.69, 9.17) is 4.42 Å². The number of aromatic nitrogens is 1. The van der Waals surface area contributed by atoms with Crippen molar-refractivity contribution in [2.45, 2.75) is 57.4 Å². The number of carbonyl (C=O) groups excluding carboxylic acids is 2. The van der Waals surface area contributed by atoms with E-state index in [9.17, 15) is 22.8 Å². The Morgan fingerprint density at radius 2 is 1.88 bits per heavy atom. The molecular weight excluding hydrogens is 448 g/mol. The van der Waals surface area contributed by atoms with Gasteiger partial charge in [0.25, 0.3) is 0 Å². The molecule has 1 N–H and O–H groups in total. The molecule has 1 fully saturated rings. The van der Waals surface area contributed by atoms with Crippen LogP contribution in [0, 0.1) is 0 Å². The average molecular weight is 481 g/mol. The second kappa shape index (κ2) is 11.0. The number of rotatable bonds is 11. The molecule has 2 amide bonds. The van der Waals surface area contributed by atoms with E-state index in [1.54, 1.807) is 0 Å². The lowest BCUT2D eigenvalue weighted by Crippen LogP contribution is -2.41. The average Bonchev–Trinajstić information content (AvgIpc) is 3.43. The number of nitrogens with one attached hydrogen (secondary N) is 1. The normalized spacial score (nSPS) is 14.6. The van der Waals surface area contributed by atoms with Crippen molar-refractivity contribution in [1.82, 2.24) is 19.1 Å². The predicted molar refractivity (Wildman–Crippen MR) is 123 cm³/mol. The molecule has 1 aromatic carbocycles. The number of amides is 2. The standard InChI is InChI=1S/C22H32N4O6S/c1-3-10-23-20(27)16-24(11-4-2)21(28)9-14-26-18-8-7-17(15-19(18)32-22(26)29)33(30,31)25-12-5-6-13-25/h7-8,15H,3-6,9-14,16H2,1-2H3,(H,23,27). The molecule has 10 nitrogen and oxygen atoms in total. The van der Waals surface area contributed by atoms with Crippen LogP contribution in [0.5, 0.6) is 0 Å². The molecule has 1 aliphatic heterocycles. The fraction of sp³-hybridized carbons (Fsp3) is 0.591. The van der Waals surface area contributed by atoms with Crippen molar-refractivity contribution in [1.29, 1.82) is 0 Å². The van der Waals surface area contributed by atoms with E-state index in [-0.39, 0.29) is 41.8 Å². The molecule has 0 atom stereocenters. The second-order valence-electron chi connectivity index (χ2n) is 8.18. The number of hydrogen-bond donors (Lipinski definition) is 1. The minimum atomic E-state index is -3.63. The minimum absolute atomic E-state index is 0.0173. The van der Waals surface area contributed by atoms with Crippen molar-refractivity contribution in [3.63, 3.8) is 0 Å². The van der Waals surface area contributed by atoms with Crippen LogP contribution in [0.3, 0.4) is 0 Å². The Bertz CT molecular complexity index is 1150. The number of hydrogen-bond acceptors (Lipinski definition) is 6. The third-order valence-electron chi connectivity index (χ3n) is 5.64. The molecule has 11 heteroatoms. The smallest absolute Gasteiger partial charge is 0.408 e. The van der Waals surface area contributed by atoms with Crippen LogP contribution in [-0.4, -0.2) is 66.7 Å². The maximum absolute atomic E-state index is 12.8. The van der Waals surface area contributed by atoms with E-state index in [0.29, 0.717) is 38.1 Å². The highest BCUT2D eigenvalue weighted by Gasteiger charge is 2.28. The van der Waals surface area contributed by atoms with Gasteiger partial charge in [0.1, 0.15) is 0 Å². The van der Waals surface area contributed by atoms with E-state index >= 15 is 0 Å². The molecule has 182 valence electrons. The molecule has 3 rings (SSSR count). The lowest BCUT2D eigenvalue weighted by Gasteiger charge is -2.21. The summed E-state index contributed by atoms with van der Waals surface area (Å²) >= 11 is 0. The second-order valence-corrected chi connectivity index (χ2v) is 10.1. The molecule has 0 unspecified atom stereocenters. The fourth-order valence-electron chi connectivity index (χ4n) is 3.92. The predicted octanol–water partition coefficient (Wildman–Crippen LogP) is 1.53. The molecule has 0 aliphatic carbocycles. The highest BCUT2D eigenvalue weighted by atomic mass is 32.2. The Morgan fingerprint density at radius 3 is 2.55 bits per heavy atom. The van der Waals surface area contributed by atoms with Crippen molar-refractivity contribution >= 4 is 32.9 Å². The van der Waals surface area contributed by atoms with Gasteiger partial charge in [0.05, 0.1) is 17.0 Å². The minimum Gasteiger partial charge on any atom is -0.408 e. The number of aryl methyl sites for hydroxylation is 1. The van der Waals surface area contributed by atoms with Gasteiger partial charge in [0.2, 0.25) is 21.8 Å². The summed E-state index contributed by atoms with van der Waals surface area (Å²) in [4.78, 5) is 38.7. The number of benzene rings is 1. The maximum Gasteiger partial charge on any atom is 0.419 e. The Balaban J connectivity index is 1.73. The molecular formula is C22H32N4O6S. The maximum atomic E-state index is 12.8. The highest BCUT2D eigenvalue weighted by Crippen LogP contribution is 2.24. The Hall–Kier alpha value is -2.66. The largest absolute Gasteiger partial charge is 0.419 e. The van der Waals surface area contributed by atoms with Crippen molar-refractivity contribution in [2.75, 3.05) is 32.7 Å². The third kappa shape index (κ3) is 5.83. The van der Waals surface area contributed by atoms with Crippen LogP contribution < -0.4 is 11.1 Å². The van der Waals surface area contributed by atoms with Gasteiger partial charge in [-0.3, -0.25) is 14.2 Å². The Morgan fingerprint density at radius 1 is 1.15 bits per heavy atom. The van der Waals surface area contributed by atoms with Gasteiger partial charge >= 0.3 is 5.76 Å². The van der Waals surface area contributed by atoms with Gasteiger partial charge < -0.3 is 14.6 Å². The van der Waals surface area contributed by atoms with Crippen LogP contribution in [0.25, 0.3) is 11.1 Å². The number of oxazole rings is 1. The summed E-state index contributed by atoms with van der Waals surface area (Å²) in [5.41, 5.74) is 0.591. The van der Waals surface area contributed by atoms with Crippen LogP contribution >= 0.6 is 0 Å². The molecule has 2 aromatic rings. The van der Waals surface area contributed by atoms with E-state index in [1.807, 2.05) is 13.8 Å². The topological polar surface area (TPSA) is 122 Å². The van der Waals surface area contributed by atoms with Crippen molar-refractivity contribution in [3.05, 3.63) is 28.7 Å². The third-order valence-corrected chi connectivity index (χ3v) is 7.54. The van der Waals surface area contributed by atoms with E-state index in [0.717, 1.165) is 19.3 Å². The number of carbonyl (C=O) groups is 2. The van der Waals surface area contributed by atoms with Crippen LogP contribution in [0.1, 0.15) is 46.0 Å². The summed E-state index contributed by atoms with van der Waals surface area (Å²) in [6, 6.07) is 4.37. The SMILES string of the molecule is CCCNC(=O)CN(CCC)C(=O)CCn1c(=O)oc2cc(S(=O)(=O)N3CCCC3)ccc21. The summed E-state index contributed by atoms with van der Waals surface area (Å²) in [6.07, 6.45) is 3.19. The van der Waals surface area contributed by atoms with Gasteiger partial charge in [0, 0.05) is 45.2 Å². The van der Waals surface area contributed by atoms with Crippen LogP contribution in [0.4, 0.5) is 0 Å². The first-order chi connectivity index (χ1) is 15.8. The number of nitrogens with zero attached hydrogens (tertiary/aromatic N) is 3. The summed E-state index contributed by atoms with van der Waals surface area (Å²) in [7, 11) is -3.63. The van der Waals surface area contributed by atoms with Gasteiger partial charge in [-0.05, 0) is 37.8 Å². The van der Waals surface area contributed by atoms with Gasteiger partial charge in [-0.25, -0.2) is 13.2 Å². The van der Waals surface area contributed by atoms with Crippen molar-refractivity contribution in [3.8, 4) is 0 Å². The molecule has 0 radical (unpaired) electrons. The summed E-state index contributed by atoms with van der Waals surface area (Å²) in [5.74, 6) is -1.11. The quantitative estimate of drug-likeness (QED) is 0.521. The van der Waals surface area contributed by atoms with Crippen molar-refractivity contribution < 1.29 is 22.4 Å². The number of fused-ring (bicyclic) bond motifs is 1. The molecule has 1 saturated heterocycles. The molecule has 33 heavy (non-hydrogen) atoms. The first-order valence-corrected chi connectivity index (χ1v) is 12.9. The van der Waals surface area contributed by atoms with Crippen LogP contribution in [0.2, 0.25) is 0 Å². The summed E-state index contributed by atoms with van der Waals surface area (Å²) in [6.45, 7) is 5.89. The van der Waals surface area contributed by atoms with Gasteiger partial charge in [-0.2, -0.15) is 4.31 Å². The van der Waals surface area contributed by atoms with Crippen LogP contribution in [0.15, 0.2) is 32.3 Å². The fourth-order valence-corrected chi connectivity index (χ4v) is 5.45. The molecule has 0 saturated carbocycles. The van der Waals surface area contributed by atoms with E-state index in [2.05, 4.69) is 5.32 Å². The highest BCUT2D eigenvalue weighted by molar-refractivity contribution is 7.89. The summed E-state index contributed by atoms with van der Waals surface area (Å²) in [5, 5.41) is 2.76. The molecule has 1 aromatic heterocycles. The first-order valence-electron chi connectivity index (χ1n) is 11.5. The van der Waals surface area contributed by atoms with Gasteiger partial charge in [-0.1, -0.05) is 13.8 Å². The molecule has 0 bridgehead atoms. The Kier molecular flexibility index (Phi) is 8.30. The zero-order valence-electron chi connectivity index (χ0n) is 19.2. The monoisotopic (exact) mass is 480 g/mol. The van der Waals surface area contributed by atoms with Gasteiger partial charge in [-0.15, -0.1) is 0 Å². The van der Waals surface area contributed by atoms with E-state index in [1.165, 1.54) is 32.0 Å². The summed E-state index contributed by atoms with van der Waals surface area (Å²) < 4.78 is 33.6. The zero-order chi connectivity index (χ0) is 24.0. The molecule has 1 aliphatic rings. The van der Waals surface area contributed by atoms with Gasteiger partial charge in [0.15, 0.2) is 5.58 Å². The van der Waals surface area contributed by atoms with Crippen LogP contribution in [-0.2, 0) is 26.2 Å². The lowest BCUT2D eigenvalue weighted by molar-refractivity contribution is -0.136. The zero-order valence-corrected chi connectivity index (χ0v) is 20.0. The molecule has 0 spiro atoms. The van der Waals surface area contributed by atoms with E-state index < -0.39 is 15.8 Å². The number of sulfonamides is 1.